The van der Waals surface area contributed by atoms with Gasteiger partial charge in [-0.25, -0.2) is 8.42 Å². The highest BCUT2D eigenvalue weighted by Crippen LogP contribution is 2.28. The smallest absolute Gasteiger partial charge is 0.266 e. The molecule has 0 unspecified atom stereocenters. The molecule has 3 aromatic rings. The molecule has 0 N–H and O–H groups in total. The summed E-state index contributed by atoms with van der Waals surface area (Å²) in [5, 5.41) is 0.814. The van der Waals surface area contributed by atoms with E-state index in [-0.39, 0.29) is 4.90 Å². The Morgan fingerprint density at radius 1 is 1.04 bits per heavy atom. The predicted molar refractivity (Wildman–Crippen MR) is 93.1 cm³/mol. The average molecular weight is 326 g/mol. The molecule has 23 heavy (non-hydrogen) atoms. The summed E-state index contributed by atoms with van der Waals surface area (Å²) < 4.78 is 27.8. The minimum absolute atomic E-state index is 0.235. The maximum Gasteiger partial charge on any atom is 0.266 e. The molecule has 0 saturated carbocycles. The molecule has 0 aliphatic heterocycles. The number of aromatic nitrogens is 1. The molecule has 1 aromatic heterocycles. The lowest BCUT2D eigenvalue weighted by Crippen LogP contribution is -2.31. The Morgan fingerprint density at radius 2 is 1.78 bits per heavy atom. The summed E-state index contributed by atoms with van der Waals surface area (Å²) in [6.07, 6.45) is 1.62. The second-order valence-corrected chi connectivity index (χ2v) is 7.17. The number of hydrogen-bond acceptors (Lipinski definition) is 3. The molecule has 0 spiro atoms. The van der Waals surface area contributed by atoms with Crippen LogP contribution in [0.1, 0.15) is 12.5 Å². The van der Waals surface area contributed by atoms with Crippen molar-refractivity contribution in [2.75, 3.05) is 10.8 Å². The van der Waals surface area contributed by atoms with Gasteiger partial charge in [0.25, 0.3) is 10.0 Å². The molecule has 0 aliphatic carbocycles. The Bertz CT molecular complexity index is 947. The third-order valence-electron chi connectivity index (χ3n) is 3.74. The summed E-state index contributed by atoms with van der Waals surface area (Å²) in [5.74, 6) is 0. The Balaban J connectivity index is 2.19. The molecule has 0 aliphatic rings. The topological polar surface area (TPSA) is 50.3 Å². The molecule has 0 amide bonds. The maximum atomic E-state index is 13.2. The molecule has 0 bridgehead atoms. The van der Waals surface area contributed by atoms with E-state index in [1.165, 1.54) is 4.31 Å². The summed E-state index contributed by atoms with van der Waals surface area (Å²) in [4.78, 5) is 4.50. The molecular weight excluding hydrogens is 308 g/mol. The van der Waals surface area contributed by atoms with Crippen molar-refractivity contribution in [3.63, 3.8) is 0 Å². The SMILES string of the molecule is CCN(c1cccc(C)c1)S(=O)(=O)c1cccc2cccnc12. The lowest BCUT2D eigenvalue weighted by atomic mass is 10.2. The van der Waals surface area contributed by atoms with E-state index in [1.54, 1.807) is 24.4 Å². The van der Waals surface area contributed by atoms with Crippen LogP contribution in [0.2, 0.25) is 0 Å². The lowest BCUT2D eigenvalue weighted by molar-refractivity contribution is 0.592. The van der Waals surface area contributed by atoms with Crippen LogP contribution in [0.4, 0.5) is 5.69 Å². The summed E-state index contributed by atoms with van der Waals surface area (Å²) in [6.45, 7) is 4.14. The highest BCUT2D eigenvalue weighted by atomic mass is 32.2. The van der Waals surface area contributed by atoms with Crippen LogP contribution in [0.5, 0.6) is 0 Å². The van der Waals surface area contributed by atoms with Gasteiger partial charge in [-0.15, -0.1) is 0 Å². The van der Waals surface area contributed by atoms with Crippen LogP contribution in [0, 0.1) is 6.92 Å². The first-order chi connectivity index (χ1) is 11.0. The number of nitrogens with zero attached hydrogens (tertiary/aromatic N) is 2. The molecular formula is C18H18N2O2S. The second kappa shape index (κ2) is 6.01. The Kier molecular flexibility index (Phi) is 4.05. The van der Waals surface area contributed by atoms with Crippen LogP contribution in [-0.2, 0) is 10.0 Å². The van der Waals surface area contributed by atoms with Crippen LogP contribution in [0.25, 0.3) is 10.9 Å². The fourth-order valence-corrected chi connectivity index (χ4v) is 4.31. The van der Waals surface area contributed by atoms with Gasteiger partial charge in [0.15, 0.2) is 0 Å². The fraction of sp³-hybridized carbons (Fsp3) is 0.167. The van der Waals surface area contributed by atoms with Gasteiger partial charge in [-0.2, -0.15) is 0 Å². The number of anilines is 1. The van der Waals surface area contributed by atoms with Gasteiger partial charge in [-0.05, 0) is 43.7 Å². The standard InChI is InChI=1S/C18H18N2O2S/c1-3-20(16-10-4-7-14(2)13-16)23(21,22)17-11-5-8-15-9-6-12-19-18(15)17/h4-13H,3H2,1-2H3. The van der Waals surface area contributed by atoms with Crippen LogP contribution in [-0.4, -0.2) is 19.9 Å². The van der Waals surface area contributed by atoms with E-state index in [4.69, 9.17) is 0 Å². The second-order valence-electron chi connectivity index (χ2n) is 5.34. The van der Waals surface area contributed by atoms with Crippen molar-refractivity contribution in [3.8, 4) is 0 Å². The van der Waals surface area contributed by atoms with E-state index in [1.807, 2.05) is 50.2 Å². The summed E-state index contributed by atoms with van der Waals surface area (Å²) in [6, 6.07) is 16.4. The van der Waals surface area contributed by atoms with Gasteiger partial charge >= 0.3 is 0 Å². The zero-order valence-corrected chi connectivity index (χ0v) is 13.9. The van der Waals surface area contributed by atoms with E-state index in [2.05, 4.69) is 4.98 Å². The predicted octanol–water partition coefficient (Wildman–Crippen LogP) is 3.76. The molecule has 1 heterocycles. The van der Waals surface area contributed by atoms with E-state index < -0.39 is 10.0 Å². The number of para-hydroxylation sites is 1. The number of benzene rings is 2. The number of fused-ring (bicyclic) bond motifs is 1. The Labute approximate surface area is 136 Å². The number of aryl methyl sites for hydroxylation is 1. The van der Waals surface area contributed by atoms with Crippen molar-refractivity contribution in [1.82, 2.24) is 4.98 Å². The summed E-state index contributed by atoms with van der Waals surface area (Å²) >= 11 is 0. The molecule has 0 radical (unpaired) electrons. The molecule has 4 nitrogen and oxygen atoms in total. The van der Waals surface area contributed by atoms with Crippen LogP contribution < -0.4 is 4.31 Å². The molecule has 3 rings (SSSR count). The molecule has 118 valence electrons. The minimum atomic E-state index is -3.68. The van der Waals surface area contributed by atoms with Gasteiger partial charge in [0.05, 0.1) is 11.2 Å². The van der Waals surface area contributed by atoms with Gasteiger partial charge in [0, 0.05) is 18.1 Å². The van der Waals surface area contributed by atoms with Gasteiger partial charge in [0.1, 0.15) is 4.90 Å². The van der Waals surface area contributed by atoms with Gasteiger partial charge in [-0.1, -0.05) is 30.3 Å². The number of sulfonamides is 1. The van der Waals surface area contributed by atoms with Crippen molar-refractivity contribution >= 4 is 26.6 Å². The zero-order chi connectivity index (χ0) is 16.4. The molecule has 0 fully saturated rings. The van der Waals surface area contributed by atoms with E-state index in [0.29, 0.717) is 17.7 Å². The van der Waals surface area contributed by atoms with Crippen molar-refractivity contribution in [2.45, 2.75) is 18.7 Å². The number of hydrogen-bond donors (Lipinski definition) is 0. The van der Waals surface area contributed by atoms with Gasteiger partial charge in [0.2, 0.25) is 0 Å². The normalized spacial score (nSPS) is 11.6. The first-order valence-corrected chi connectivity index (χ1v) is 8.91. The first-order valence-electron chi connectivity index (χ1n) is 7.47. The molecule has 0 atom stereocenters. The Morgan fingerprint density at radius 3 is 2.52 bits per heavy atom. The van der Waals surface area contributed by atoms with Gasteiger partial charge < -0.3 is 0 Å². The minimum Gasteiger partial charge on any atom is -0.267 e. The van der Waals surface area contributed by atoms with Crippen molar-refractivity contribution in [1.29, 1.82) is 0 Å². The number of rotatable bonds is 4. The zero-order valence-electron chi connectivity index (χ0n) is 13.1. The van der Waals surface area contributed by atoms with Crippen molar-refractivity contribution in [2.24, 2.45) is 0 Å². The monoisotopic (exact) mass is 326 g/mol. The molecule has 0 saturated heterocycles. The lowest BCUT2D eigenvalue weighted by Gasteiger charge is -2.23. The Hall–Kier alpha value is -2.40. The van der Waals surface area contributed by atoms with Crippen molar-refractivity contribution in [3.05, 3.63) is 66.4 Å². The first kappa shape index (κ1) is 15.5. The van der Waals surface area contributed by atoms with Gasteiger partial charge in [-0.3, -0.25) is 9.29 Å². The number of pyridine rings is 1. The summed E-state index contributed by atoms with van der Waals surface area (Å²) in [7, 11) is -3.68. The average Bonchev–Trinajstić information content (AvgIpc) is 2.55. The van der Waals surface area contributed by atoms with Crippen LogP contribution in [0.15, 0.2) is 65.7 Å². The van der Waals surface area contributed by atoms with E-state index in [9.17, 15) is 8.42 Å². The molecule has 5 heteroatoms. The summed E-state index contributed by atoms with van der Waals surface area (Å²) in [5.41, 5.74) is 2.19. The quantitative estimate of drug-likeness (QED) is 0.733. The fourth-order valence-electron chi connectivity index (χ4n) is 2.68. The highest BCUT2D eigenvalue weighted by molar-refractivity contribution is 7.93. The van der Waals surface area contributed by atoms with E-state index >= 15 is 0 Å². The third-order valence-corrected chi connectivity index (χ3v) is 5.68. The van der Waals surface area contributed by atoms with Crippen LogP contribution in [0.3, 0.4) is 0 Å². The largest absolute Gasteiger partial charge is 0.267 e. The molecule has 2 aromatic carbocycles. The van der Waals surface area contributed by atoms with Crippen LogP contribution >= 0.6 is 0 Å². The van der Waals surface area contributed by atoms with E-state index in [0.717, 1.165) is 10.9 Å². The maximum absolute atomic E-state index is 13.2. The highest BCUT2D eigenvalue weighted by Gasteiger charge is 2.26. The third kappa shape index (κ3) is 2.80. The van der Waals surface area contributed by atoms with Crippen molar-refractivity contribution < 1.29 is 8.42 Å².